The van der Waals surface area contributed by atoms with Crippen LogP contribution in [0.2, 0.25) is 0 Å². The minimum atomic E-state index is -1.05. The Morgan fingerprint density at radius 2 is 1.71 bits per heavy atom. The summed E-state index contributed by atoms with van der Waals surface area (Å²) in [6.45, 7) is 3.45. The molecule has 0 radical (unpaired) electrons. The maximum absolute atomic E-state index is 12.1. The Kier molecular flexibility index (Phi) is 5.90. The lowest BCUT2D eigenvalue weighted by Crippen LogP contribution is -2.36. The molecule has 0 saturated heterocycles. The van der Waals surface area contributed by atoms with Crippen molar-refractivity contribution in [3.05, 3.63) is 29.8 Å². The fourth-order valence-electron chi connectivity index (χ4n) is 1.84. The van der Waals surface area contributed by atoms with E-state index in [1.807, 2.05) is 6.92 Å². The Hall–Kier alpha value is -2.37. The van der Waals surface area contributed by atoms with Crippen molar-refractivity contribution in [1.82, 2.24) is 0 Å². The topological polar surface area (TPSA) is 94.9 Å². The first-order valence-corrected chi connectivity index (χ1v) is 6.73. The van der Waals surface area contributed by atoms with Crippen molar-refractivity contribution in [3.63, 3.8) is 0 Å². The highest BCUT2D eigenvalue weighted by Gasteiger charge is 2.21. The number of hydrogen-bond donors (Lipinski definition) is 2. The van der Waals surface area contributed by atoms with Gasteiger partial charge in [0.25, 0.3) is 0 Å². The molecular weight excluding hydrogens is 274 g/mol. The number of amides is 1. The Balaban J connectivity index is 3.02. The quantitative estimate of drug-likeness (QED) is 0.804. The number of carboxylic acids is 2. The monoisotopic (exact) mass is 293 g/mol. The van der Waals surface area contributed by atoms with Crippen LogP contribution in [0.1, 0.15) is 37.0 Å². The van der Waals surface area contributed by atoms with Gasteiger partial charge in [0, 0.05) is 18.7 Å². The predicted molar refractivity (Wildman–Crippen MR) is 77.5 cm³/mol. The molecule has 21 heavy (non-hydrogen) atoms. The standard InChI is InChI=1S/C15H19NO5/c1-3-4-13(17)16(9-10(2)14(18)19)12-7-5-11(6-8-12)15(20)21/h5-8,10H,3-4,9H2,1-2H3,(H,18,19)(H,20,21). The minimum Gasteiger partial charge on any atom is -0.481 e. The van der Waals surface area contributed by atoms with Crippen molar-refractivity contribution in [2.45, 2.75) is 26.7 Å². The van der Waals surface area contributed by atoms with Crippen LogP contribution in [-0.2, 0) is 9.59 Å². The zero-order valence-electron chi connectivity index (χ0n) is 12.1. The molecule has 1 atom stereocenters. The molecule has 6 nitrogen and oxygen atoms in total. The molecule has 0 aliphatic rings. The van der Waals surface area contributed by atoms with E-state index in [1.165, 1.54) is 36.1 Å². The van der Waals surface area contributed by atoms with E-state index < -0.39 is 17.9 Å². The summed E-state index contributed by atoms with van der Waals surface area (Å²) in [4.78, 5) is 35.3. The van der Waals surface area contributed by atoms with E-state index in [1.54, 1.807) is 0 Å². The highest BCUT2D eigenvalue weighted by atomic mass is 16.4. The molecule has 1 rings (SSSR count). The van der Waals surface area contributed by atoms with Crippen LogP contribution < -0.4 is 4.90 Å². The number of carboxylic acid groups (broad SMARTS) is 2. The number of hydrogen-bond acceptors (Lipinski definition) is 3. The summed E-state index contributed by atoms with van der Waals surface area (Å²) in [7, 11) is 0. The fraction of sp³-hybridized carbons (Fsp3) is 0.400. The second kappa shape index (κ2) is 7.42. The molecule has 0 bridgehead atoms. The molecule has 1 aromatic carbocycles. The number of aliphatic carboxylic acids is 1. The lowest BCUT2D eigenvalue weighted by molar-refractivity contribution is -0.140. The van der Waals surface area contributed by atoms with Crippen LogP contribution in [0.15, 0.2) is 24.3 Å². The molecule has 1 amide bonds. The molecule has 0 fully saturated rings. The molecule has 6 heteroatoms. The predicted octanol–water partition coefficient (Wildman–Crippen LogP) is 2.24. The third kappa shape index (κ3) is 4.59. The van der Waals surface area contributed by atoms with E-state index in [9.17, 15) is 14.4 Å². The lowest BCUT2D eigenvalue weighted by Gasteiger charge is -2.24. The van der Waals surface area contributed by atoms with Crippen molar-refractivity contribution in [3.8, 4) is 0 Å². The molecule has 0 aromatic heterocycles. The number of carbonyl (C=O) groups excluding carboxylic acids is 1. The molecule has 0 aliphatic heterocycles. The number of carbonyl (C=O) groups is 3. The van der Waals surface area contributed by atoms with Crippen LogP contribution in [0.4, 0.5) is 5.69 Å². The van der Waals surface area contributed by atoms with Gasteiger partial charge in [-0.25, -0.2) is 4.79 Å². The van der Waals surface area contributed by atoms with Gasteiger partial charge in [0.15, 0.2) is 0 Å². The summed E-state index contributed by atoms with van der Waals surface area (Å²) in [6, 6.07) is 5.84. The molecule has 2 N–H and O–H groups in total. The summed E-state index contributed by atoms with van der Waals surface area (Å²) in [5.41, 5.74) is 0.625. The van der Waals surface area contributed by atoms with Gasteiger partial charge in [-0.1, -0.05) is 13.8 Å². The van der Waals surface area contributed by atoms with Crippen molar-refractivity contribution in [2.24, 2.45) is 5.92 Å². The molecule has 0 saturated carbocycles. The highest BCUT2D eigenvalue weighted by Crippen LogP contribution is 2.19. The van der Waals surface area contributed by atoms with E-state index in [0.29, 0.717) is 18.5 Å². The Labute approximate surface area is 123 Å². The van der Waals surface area contributed by atoms with E-state index in [0.717, 1.165) is 0 Å². The van der Waals surface area contributed by atoms with Gasteiger partial charge in [0.05, 0.1) is 11.5 Å². The summed E-state index contributed by atoms with van der Waals surface area (Å²) in [5.74, 6) is -2.91. The van der Waals surface area contributed by atoms with Gasteiger partial charge in [-0.05, 0) is 30.7 Å². The van der Waals surface area contributed by atoms with Gasteiger partial charge in [0.2, 0.25) is 5.91 Å². The van der Waals surface area contributed by atoms with E-state index in [2.05, 4.69) is 0 Å². The van der Waals surface area contributed by atoms with E-state index in [-0.39, 0.29) is 18.0 Å². The second-order valence-electron chi connectivity index (χ2n) is 4.85. The average Bonchev–Trinajstić information content (AvgIpc) is 2.44. The van der Waals surface area contributed by atoms with Crippen LogP contribution in [-0.4, -0.2) is 34.6 Å². The summed E-state index contributed by atoms with van der Waals surface area (Å²) in [6.07, 6.45) is 0.969. The second-order valence-corrected chi connectivity index (χ2v) is 4.85. The maximum atomic E-state index is 12.1. The van der Waals surface area contributed by atoms with Crippen LogP contribution in [0.25, 0.3) is 0 Å². The van der Waals surface area contributed by atoms with Crippen LogP contribution in [0.5, 0.6) is 0 Å². The normalized spacial score (nSPS) is 11.7. The number of benzene rings is 1. The van der Waals surface area contributed by atoms with Crippen molar-refractivity contribution in [2.75, 3.05) is 11.4 Å². The van der Waals surface area contributed by atoms with Gasteiger partial charge in [-0.2, -0.15) is 0 Å². The Morgan fingerprint density at radius 3 is 2.14 bits per heavy atom. The third-order valence-electron chi connectivity index (χ3n) is 3.07. The number of anilines is 1. The lowest BCUT2D eigenvalue weighted by atomic mass is 10.1. The average molecular weight is 293 g/mol. The number of nitrogens with zero attached hydrogens (tertiary/aromatic N) is 1. The van der Waals surface area contributed by atoms with Gasteiger partial charge in [0.1, 0.15) is 0 Å². The summed E-state index contributed by atoms with van der Waals surface area (Å²) in [5, 5.41) is 17.9. The Morgan fingerprint density at radius 1 is 1.14 bits per heavy atom. The molecule has 0 heterocycles. The zero-order valence-corrected chi connectivity index (χ0v) is 12.1. The first-order valence-electron chi connectivity index (χ1n) is 6.73. The maximum Gasteiger partial charge on any atom is 0.335 e. The van der Waals surface area contributed by atoms with Crippen LogP contribution >= 0.6 is 0 Å². The van der Waals surface area contributed by atoms with Crippen molar-refractivity contribution < 1.29 is 24.6 Å². The third-order valence-corrected chi connectivity index (χ3v) is 3.07. The molecule has 0 spiro atoms. The fourth-order valence-corrected chi connectivity index (χ4v) is 1.84. The van der Waals surface area contributed by atoms with E-state index >= 15 is 0 Å². The Bertz CT molecular complexity index is 523. The van der Waals surface area contributed by atoms with Crippen LogP contribution in [0, 0.1) is 5.92 Å². The van der Waals surface area contributed by atoms with Gasteiger partial charge in [-0.3, -0.25) is 9.59 Å². The molecular formula is C15H19NO5. The first-order chi connectivity index (χ1) is 9.86. The minimum absolute atomic E-state index is 0.0561. The summed E-state index contributed by atoms with van der Waals surface area (Å²) >= 11 is 0. The highest BCUT2D eigenvalue weighted by molar-refractivity contribution is 5.95. The summed E-state index contributed by atoms with van der Waals surface area (Å²) < 4.78 is 0. The molecule has 0 aliphatic carbocycles. The largest absolute Gasteiger partial charge is 0.481 e. The van der Waals surface area contributed by atoms with E-state index in [4.69, 9.17) is 10.2 Å². The van der Waals surface area contributed by atoms with Gasteiger partial charge in [-0.15, -0.1) is 0 Å². The zero-order chi connectivity index (χ0) is 16.0. The number of aromatic carboxylic acids is 1. The smallest absolute Gasteiger partial charge is 0.335 e. The number of rotatable bonds is 7. The first kappa shape index (κ1) is 16.7. The van der Waals surface area contributed by atoms with Crippen LogP contribution in [0.3, 0.4) is 0 Å². The molecule has 1 aromatic rings. The van der Waals surface area contributed by atoms with Crippen molar-refractivity contribution >= 4 is 23.5 Å². The van der Waals surface area contributed by atoms with Gasteiger partial charge >= 0.3 is 11.9 Å². The molecule has 114 valence electrons. The molecule has 1 unspecified atom stereocenters. The van der Waals surface area contributed by atoms with Gasteiger partial charge < -0.3 is 15.1 Å². The SMILES string of the molecule is CCCC(=O)N(CC(C)C(=O)O)c1ccc(C(=O)O)cc1. The van der Waals surface area contributed by atoms with Crippen molar-refractivity contribution in [1.29, 1.82) is 0 Å².